The predicted octanol–water partition coefficient (Wildman–Crippen LogP) is 3.73. The largest absolute Gasteiger partial charge is 0.396 e. The smallest absolute Gasteiger partial charge is 0.127 e. The number of rotatable bonds is 7. The first-order valence-corrected chi connectivity index (χ1v) is 11.4. The second-order valence-electron chi connectivity index (χ2n) is 6.65. The molecule has 4 N–H and O–H groups in total. The predicted molar refractivity (Wildman–Crippen MR) is 123 cm³/mol. The molecular formula is C21H21N5O2S2. The summed E-state index contributed by atoms with van der Waals surface area (Å²) in [7, 11) is 0.414. The Labute approximate surface area is 180 Å². The molecule has 1 atom stereocenters. The van der Waals surface area contributed by atoms with Crippen LogP contribution in [0.2, 0.25) is 0 Å². The molecule has 0 radical (unpaired) electrons. The van der Waals surface area contributed by atoms with E-state index in [1.165, 1.54) is 11.3 Å². The number of fused-ring (bicyclic) bond motifs is 1. The van der Waals surface area contributed by atoms with Crippen molar-refractivity contribution < 1.29 is 8.95 Å². The minimum absolute atomic E-state index is 0.446. The van der Waals surface area contributed by atoms with Crippen molar-refractivity contribution in [2.75, 3.05) is 30.9 Å². The number of pyridine rings is 3. The molecule has 0 aliphatic carbocycles. The van der Waals surface area contributed by atoms with Gasteiger partial charge in [-0.3, -0.25) is 9.19 Å². The van der Waals surface area contributed by atoms with Gasteiger partial charge < -0.3 is 16.2 Å². The maximum atomic E-state index is 12.9. The van der Waals surface area contributed by atoms with Crippen LogP contribution in [0.15, 0.2) is 53.1 Å². The van der Waals surface area contributed by atoms with Gasteiger partial charge in [-0.1, -0.05) is 6.07 Å². The van der Waals surface area contributed by atoms with E-state index in [1.54, 1.807) is 31.8 Å². The molecular weight excluding hydrogens is 418 g/mol. The summed E-state index contributed by atoms with van der Waals surface area (Å²) < 4.78 is 18.6. The molecule has 4 aromatic rings. The summed E-state index contributed by atoms with van der Waals surface area (Å²) in [4.78, 5) is 13.9. The number of methoxy groups -OCH3 is 1. The third-order valence-corrected chi connectivity index (χ3v) is 7.60. The molecule has 1 unspecified atom stereocenters. The summed E-state index contributed by atoms with van der Waals surface area (Å²) in [6, 6.07) is 9.43. The Bertz CT molecular complexity index is 1190. The molecule has 0 bridgehead atoms. The Balaban J connectivity index is 1.89. The highest BCUT2D eigenvalue weighted by atomic mass is 32.2. The average Bonchev–Trinajstić information content (AvgIpc) is 3.11. The van der Waals surface area contributed by atoms with Gasteiger partial charge in [0.1, 0.15) is 14.9 Å². The summed E-state index contributed by atoms with van der Waals surface area (Å²) >= 11 is 1.37. The summed E-state index contributed by atoms with van der Waals surface area (Å²) in [5, 5.41) is 0.801. The SMILES string of the molecule is COCCCS(=O)c1sc2nc(-c3ccc(N)nc3)cc(-c3cccnc3)c2c1N. The van der Waals surface area contributed by atoms with Gasteiger partial charge in [0.05, 0.1) is 22.2 Å². The summed E-state index contributed by atoms with van der Waals surface area (Å²) in [6.07, 6.45) is 5.89. The lowest BCUT2D eigenvalue weighted by Gasteiger charge is -2.08. The summed E-state index contributed by atoms with van der Waals surface area (Å²) in [5.74, 6) is 0.934. The van der Waals surface area contributed by atoms with Gasteiger partial charge in [0.2, 0.25) is 0 Å². The minimum Gasteiger partial charge on any atom is -0.396 e. The zero-order valence-electron chi connectivity index (χ0n) is 16.4. The molecule has 0 saturated carbocycles. The van der Waals surface area contributed by atoms with E-state index in [2.05, 4.69) is 9.97 Å². The zero-order chi connectivity index (χ0) is 21.1. The Morgan fingerprint density at radius 1 is 1.17 bits per heavy atom. The first-order chi connectivity index (χ1) is 14.6. The van der Waals surface area contributed by atoms with Crippen LogP contribution in [0.3, 0.4) is 0 Å². The number of nitrogen functional groups attached to an aromatic ring is 2. The maximum Gasteiger partial charge on any atom is 0.127 e. The van der Waals surface area contributed by atoms with E-state index in [0.29, 0.717) is 34.5 Å². The number of hydrogen-bond acceptors (Lipinski definition) is 8. The molecule has 7 nitrogen and oxygen atoms in total. The van der Waals surface area contributed by atoms with Crippen molar-refractivity contribution in [3.63, 3.8) is 0 Å². The van der Waals surface area contributed by atoms with Crippen molar-refractivity contribution >= 4 is 43.9 Å². The second-order valence-corrected chi connectivity index (χ2v) is 9.41. The number of thiophene rings is 1. The number of ether oxygens (including phenoxy) is 1. The molecule has 4 heterocycles. The number of nitrogens with two attached hydrogens (primary N) is 2. The van der Waals surface area contributed by atoms with E-state index in [0.717, 1.165) is 32.6 Å². The minimum atomic E-state index is -1.22. The highest BCUT2D eigenvalue weighted by Crippen LogP contribution is 2.42. The fourth-order valence-electron chi connectivity index (χ4n) is 3.15. The second kappa shape index (κ2) is 8.86. The molecule has 0 fully saturated rings. The van der Waals surface area contributed by atoms with E-state index in [4.69, 9.17) is 21.2 Å². The quantitative estimate of drug-likeness (QED) is 0.421. The summed E-state index contributed by atoms with van der Waals surface area (Å²) in [6.45, 7) is 0.560. The molecule has 0 saturated heterocycles. The van der Waals surface area contributed by atoms with Gasteiger partial charge in [-0.15, -0.1) is 11.3 Å². The van der Waals surface area contributed by atoms with Crippen LogP contribution in [0.4, 0.5) is 11.5 Å². The lowest BCUT2D eigenvalue weighted by Crippen LogP contribution is -2.02. The van der Waals surface area contributed by atoms with E-state index in [1.807, 2.05) is 24.3 Å². The third-order valence-electron chi connectivity index (χ3n) is 4.60. The normalized spacial score (nSPS) is 12.3. The Morgan fingerprint density at radius 3 is 2.73 bits per heavy atom. The van der Waals surface area contributed by atoms with Gasteiger partial charge >= 0.3 is 0 Å². The first-order valence-electron chi connectivity index (χ1n) is 9.31. The Morgan fingerprint density at radius 2 is 2.03 bits per heavy atom. The van der Waals surface area contributed by atoms with E-state index in [-0.39, 0.29) is 0 Å². The van der Waals surface area contributed by atoms with Crippen LogP contribution in [0.1, 0.15) is 6.42 Å². The van der Waals surface area contributed by atoms with Gasteiger partial charge in [0.15, 0.2) is 0 Å². The molecule has 0 spiro atoms. The number of nitrogens with zero attached hydrogens (tertiary/aromatic N) is 3. The first kappa shape index (κ1) is 20.4. The topological polar surface area (TPSA) is 117 Å². The van der Waals surface area contributed by atoms with E-state index < -0.39 is 10.8 Å². The van der Waals surface area contributed by atoms with Gasteiger partial charge in [0.25, 0.3) is 0 Å². The van der Waals surface area contributed by atoms with Crippen molar-refractivity contribution in [1.82, 2.24) is 15.0 Å². The molecule has 4 aromatic heterocycles. The lowest BCUT2D eigenvalue weighted by atomic mass is 10.0. The van der Waals surface area contributed by atoms with Gasteiger partial charge in [-0.05, 0) is 36.2 Å². The summed E-state index contributed by atoms with van der Waals surface area (Å²) in [5.41, 5.74) is 16.1. The number of anilines is 2. The van der Waals surface area contributed by atoms with Crippen LogP contribution in [0, 0.1) is 0 Å². The molecule has 0 aromatic carbocycles. The van der Waals surface area contributed by atoms with Crippen molar-refractivity contribution in [3.05, 3.63) is 48.9 Å². The molecule has 9 heteroatoms. The van der Waals surface area contributed by atoms with E-state index in [9.17, 15) is 4.21 Å². The molecule has 0 amide bonds. The van der Waals surface area contributed by atoms with Crippen LogP contribution >= 0.6 is 11.3 Å². The molecule has 30 heavy (non-hydrogen) atoms. The highest BCUT2D eigenvalue weighted by Gasteiger charge is 2.21. The van der Waals surface area contributed by atoms with Gasteiger partial charge in [-0.2, -0.15) is 0 Å². The van der Waals surface area contributed by atoms with Crippen molar-refractivity contribution in [2.45, 2.75) is 10.6 Å². The van der Waals surface area contributed by atoms with Crippen molar-refractivity contribution in [3.8, 4) is 22.4 Å². The van der Waals surface area contributed by atoms with Gasteiger partial charge in [0, 0.05) is 54.6 Å². The average molecular weight is 440 g/mol. The molecule has 0 aliphatic rings. The molecule has 4 rings (SSSR count). The van der Waals surface area contributed by atoms with Crippen LogP contribution < -0.4 is 11.5 Å². The number of aromatic nitrogens is 3. The fraction of sp³-hybridized carbons (Fsp3) is 0.190. The van der Waals surface area contributed by atoms with Crippen molar-refractivity contribution in [2.24, 2.45) is 0 Å². The molecule has 0 aliphatic heterocycles. The Hall–Kier alpha value is -2.88. The van der Waals surface area contributed by atoms with E-state index >= 15 is 0 Å². The number of hydrogen-bond donors (Lipinski definition) is 2. The zero-order valence-corrected chi connectivity index (χ0v) is 18.0. The lowest BCUT2D eigenvalue weighted by molar-refractivity contribution is 0.200. The van der Waals surface area contributed by atoms with Crippen LogP contribution in [-0.4, -0.2) is 38.6 Å². The Kier molecular flexibility index (Phi) is 6.03. The molecule has 154 valence electrons. The van der Waals surface area contributed by atoms with Crippen LogP contribution in [-0.2, 0) is 15.5 Å². The fourth-order valence-corrected chi connectivity index (χ4v) is 5.78. The highest BCUT2D eigenvalue weighted by molar-refractivity contribution is 7.87. The standard InChI is InChI=1S/C21H21N5O2S2/c1-28-8-3-9-30(27)21-19(23)18-15(13-4-2-7-24-11-13)10-16(26-20(18)29-21)14-5-6-17(22)25-12-14/h2,4-7,10-12H,3,8-9,23H2,1H3,(H2,22,25). The van der Waals surface area contributed by atoms with Crippen LogP contribution in [0.25, 0.3) is 32.6 Å². The third kappa shape index (κ3) is 4.04. The van der Waals surface area contributed by atoms with Crippen LogP contribution in [0.5, 0.6) is 0 Å². The van der Waals surface area contributed by atoms with Gasteiger partial charge in [-0.25, -0.2) is 9.97 Å². The monoisotopic (exact) mass is 439 g/mol. The maximum absolute atomic E-state index is 12.9. The van der Waals surface area contributed by atoms with Crippen molar-refractivity contribution in [1.29, 1.82) is 0 Å².